The van der Waals surface area contributed by atoms with Crippen LogP contribution in [-0.4, -0.2) is 40.3 Å². The molecule has 1 amide bonds. The standard InChI is InChI=1S/C18H25NO4/c1-18(2,3)23-17(22)19-10-9-14(16(20)21)12-15(19)11-13-7-5-4-6-8-13/h4-8,14-15H,9-12H2,1-3H3,(H,20,21). The van der Waals surface area contributed by atoms with Crippen molar-refractivity contribution < 1.29 is 19.4 Å². The molecule has 0 radical (unpaired) electrons. The van der Waals surface area contributed by atoms with Crippen molar-refractivity contribution in [3.8, 4) is 0 Å². The van der Waals surface area contributed by atoms with Gasteiger partial charge < -0.3 is 14.7 Å². The molecular formula is C18H25NO4. The SMILES string of the molecule is CC(C)(C)OC(=O)N1CCC(C(=O)O)CC1Cc1ccccc1. The van der Waals surface area contributed by atoms with E-state index in [0.717, 1.165) is 5.56 Å². The van der Waals surface area contributed by atoms with Crippen LogP contribution < -0.4 is 0 Å². The molecule has 1 heterocycles. The van der Waals surface area contributed by atoms with Crippen molar-refractivity contribution in [2.24, 2.45) is 5.92 Å². The number of ether oxygens (including phenoxy) is 1. The lowest BCUT2D eigenvalue weighted by Crippen LogP contribution is -2.50. The van der Waals surface area contributed by atoms with Crippen LogP contribution in [0.1, 0.15) is 39.2 Å². The van der Waals surface area contributed by atoms with Crippen LogP contribution in [0.5, 0.6) is 0 Å². The molecule has 2 atom stereocenters. The molecule has 1 fully saturated rings. The van der Waals surface area contributed by atoms with Gasteiger partial charge in [0, 0.05) is 12.6 Å². The van der Waals surface area contributed by atoms with Crippen molar-refractivity contribution in [2.45, 2.75) is 51.7 Å². The third-order valence-electron chi connectivity index (χ3n) is 4.01. The Morgan fingerprint density at radius 3 is 2.48 bits per heavy atom. The topological polar surface area (TPSA) is 66.8 Å². The van der Waals surface area contributed by atoms with Gasteiger partial charge in [0.25, 0.3) is 0 Å². The summed E-state index contributed by atoms with van der Waals surface area (Å²) < 4.78 is 5.48. The molecule has 5 nitrogen and oxygen atoms in total. The highest BCUT2D eigenvalue weighted by molar-refractivity contribution is 5.72. The molecule has 1 saturated heterocycles. The number of benzene rings is 1. The van der Waals surface area contributed by atoms with Crippen LogP contribution in [0.25, 0.3) is 0 Å². The van der Waals surface area contributed by atoms with E-state index in [4.69, 9.17) is 4.74 Å². The Balaban J connectivity index is 2.14. The fourth-order valence-electron chi connectivity index (χ4n) is 2.92. The van der Waals surface area contributed by atoms with Gasteiger partial charge in [0.05, 0.1) is 5.92 Å². The fraction of sp³-hybridized carbons (Fsp3) is 0.556. The first-order chi connectivity index (χ1) is 10.8. The van der Waals surface area contributed by atoms with Crippen molar-refractivity contribution in [2.75, 3.05) is 6.54 Å². The highest BCUT2D eigenvalue weighted by Crippen LogP contribution is 2.27. The molecule has 0 bridgehead atoms. The Morgan fingerprint density at radius 2 is 1.91 bits per heavy atom. The summed E-state index contributed by atoms with van der Waals surface area (Å²) in [6, 6.07) is 9.68. The zero-order chi connectivity index (χ0) is 17.0. The predicted molar refractivity (Wildman–Crippen MR) is 87.2 cm³/mol. The van der Waals surface area contributed by atoms with Gasteiger partial charge in [0.1, 0.15) is 5.60 Å². The lowest BCUT2D eigenvalue weighted by atomic mass is 9.88. The Bertz CT molecular complexity index is 550. The number of rotatable bonds is 3. The van der Waals surface area contributed by atoms with E-state index in [-0.39, 0.29) is 12.1 Å². The minimum atomic E-state index is -0.785. The van der Waals surface area contributed by atoms with E-state index in [9.17, 15) is 14.7 Å². The summed E-state index contributed by atoms with van der Waals surface area (Å²) >= 11 is 0. The summed E-state index contributed by atoms with van der Waals surface area (Å²) in [4.78, 5) is 25.5. The second-order valence-electron chi connectivity index (χ2n) is 7.08. The Labute approximate surface area is 137 Å². The summed E-state index contributed by atoms with van der Waals surface area (Å²) in [6.45, 7) is 5.92. The van der Waals surface area contributed by atoms with Crippen LogP contribution in [0.2, 0.25) is 0 Å². The lowest BCUT2D eigenvalue weighted by Gasteiger charge is -2.39. The average Bonchev–Trinajstić information content (AvgIpc) is 2.46. The fourth-order valence-corrected chi connectivity index (χ4v) is 2.92. The molecule has 2 rings (SSSR count). The minimum absolute atomic E-state index is 0.151. The van der Waals surface area contributed by atoms with Gasteiger partial charge in [-0.1, -0.05) is 30.3 Å². The van der Waals surface area contributed by atoms with Crippen LogP contribution in [0.3, 0.4) is 0 Å². The van der Waals surface area contributed by atoms with Gasteiger partial charge in [-0.3, -0.25) is 4.79 Å². The third-order valence-corrected chi connectivity index (χ3v) is 4.01. The van der Waals surface area contributed by atoms with Gasteiger partial charge in [-0.25, -0.2) is 4.79 Å². The monoisotopic (exact) mass is 319 g/mol. The number of aliphatic carboxylic acids is 1. The van der Waals surface area contributed by atoms with Crippen LogP contribution >= 0.6 is 0 Å². The van der Waals surface area contributed by atoms with Gasteiger partial charge >= 0.3 is 12.1 Å². The zero-order valence-electron chi connectivity index (χ0n) is 14.0. The molecule has 126 valence electrons. The highest BCUT2D eigenvalue weighted by atomic mass is 16.6. The van der Waals surface area contributed by atoms with Gasteiger partial charge in [0.15, 0.2) is 0 Å². The van der Waals surface area contributed by atoms with Crippen LogP contribution in [0.15, 0.2) is 30.3 Å². The largest absolute Gasteiger partial charge is 0.481 e. The van der Waals surface area contributed by atoms with E-state index in [1.165, 1.54) is 0 Å². The molecule has 1 aromatic rings. The number of carboxylic acids is 1. The molecule has 23 heavy (non-hydrogen) atoms. The molecule has 0 spiro atoms. The molecule has 5 heteroatoms. The van der Waals surface area contributed by atoms with E-state index in [2.05, 4.69) is 0 Å². The number of hydrogen-bond acceptors (Lipinski definition) is 3. The number of piperidine rings is 1. The highest BCUT2D eigenvalue weighted by Gasteiger charge is 2.36. The smallest absolute Gasteiger partial charge is 0.410 e. The Hall–Kier alpha value is -2.04. The Kier molecular flexibility index (Phi) is 5.29. The quantitative estimate of drug-likeness (QED) is 0.928. The van der Waals surface area contributed by atoms with Crippen molar-refractivity contribution in [3.63, 3.8) is 0 Å². The van der Waals surface area contributed by atoms with Crippen molar-refractivity contribution >= 4 is 12.1 Å². The molecule has 1 aromatic carbocycles. The van der Waals surface area contributed by atoms with Crippen molar-refractivity contribution in [1.82, 2.24) is 4.90 Å². The number of carbonyl (C=O) groups excluding carboxylic acids is 1. The van der Waals surface area contributed by atoms with Crippen LogP contribution in [0.4, 0.5) is 4.79 Å². The Morgan fingerprint density at radius 1 is 1.26 bits per heavy atom. The molecule has 0 aromatic heterocycles. The van der Waals surface area contributed by atoms with Gasteiger partial charge in [-0.05, 0) is 45.6 Å². The van der Waals surface area contributed by atoms with Crippen molar-refractivity contribution in [1.29, 1.82) is 0 Å². The predicted octanol–water partition coefficient (Wildman–Crippen LogP) is 3.33. The van der Waals surface area contributed by atoms with E-state index < -0.39 is 17.5 Å². The van der Waals surface area contributed by atoms with E-state index in [1.807, 2.05) is 51.1 Å². The summed E-state index contributed by atoms with van der Waals surface area (Å²) in [7, 11) is 0. The molecule has 1 aliphatic rings. The summed E-state index contributed by atoms with van der Waals surface area (Å²) in [6.07, 6.45) is 1.22. The number of carboxylic acid groups (broad SMARTS) is 1. The van der Waals surface area contributed by atoms with E-state index >= 15 is 0 Å². The summed E-state index contributed by atoms with van der Waals surface area (Å²) in [5.41, 5.74) is 0.537. The molecule has 1 aliphatic heterocycles. The van der Waals surface area contributed by atoms with Gasteiger partial charge in [0.2, 0.25) is 0 Å². The number of carbonyl (C=O) groups is 2. The first-order valence-electron chi connectivity index (χ1n) is 8.02. The van der Waals surface area contributed by atoms with E-state index in [1.54, 1.807) is 4.90 Å². The van der Waals surface area contributed by atoms with Crippen molar-refractivity contribution in [3.05, 3.63) is 35.9 Å². The number of amides is 1. The summed E-state index contributed by atoms with van der Waals surface area (Å²) in [5, 5.41) is 9.30. The molecule has 1 N–H and O–H groups in total. The second-order valence-corrected chi connectivity index (χ2v) is 7.08. The first-order valence-corrected chi connectivity index (χ1v) is 8.02. The molecular weight excluding hydrogens is 294 g/mol. The molecule has 0 aliphatic carbocycles. The lowest BCUT2D eigenvalue weighted by molar-refractivity contribution is -0.144. The maximum Gasteiger partial charge on any atom is 0.410 e. The normalized spacial score (nSPS) is 21.8. The third kappa shape index (κ3) is 4.98. The van der Waals surface area contributed by atoms with Gasteiger partial charge in [-0.2, -0.15) is 0 Å². The number of likely N-dealkylation sites (tertiary alicyclic amines) is 1. The zero-order valence-corrected chi connectivity index (χ0v) is 14.0. The van der Waals surface area contributed by atoms with Crippen LogP contribution in [0, 0.1) is 5.92 Å². The second kappa shape index (κ2) is 7.02. The number of hydrogen-bond donors (Lipinski definition) is 1. The molecule has 2 unspecified atom stereocenters. The van der Waals surface area contributed by atoms with Gasteiger partial charge in [-0.15, -0.1) is 0 Å². The molecule has 0 saturated carbocycles. The maximum absolute atomic E-state index is 12.4. The van der Waals surface area contributed by atoms with E-state index in [0.29, 0.717) is 25.8 Å². The summed E-state index contributed by atoms with van der Waals surface area (Å²) in [5.74, 6) is -1.19. The maximum atomic E-state index is 12.4. The number of nitrogens with zero attached hydrogens (tertiary/aromatic N) is 1. The minimum Gasteiger partial charge on any atom is -0.481 e. The average molecular weight is 319 g/mol. The van der Waals surface area contributed by atoms with Crippen LogP contribution in [-0.2, 0) is 16.0 Å². The first kappa shape index (κ1) is 17.3.